The molecule has 0 atom stereocenters. The summed E-state index contributed by atoms with van der Waals surface area (Å²) < 4.78 is 5.71. The van der Waals surface area contributed by atoms with Gasteiger partial charge in [0.25, 0.3) is 0 Å². The summed E-state index contributed by atoms with van der Waals surface area (Å²) in [5, 5.41) is 0.705. The predicted molar refractivity (Wildman–Crippen MR) is 85.8 cm³/mol. The van der Waals surface area contributed by atoms with Gasteiger partial charge in [-0.25, -0.2) is 4.99 Å². The molecule has 20 heavy (non-hydrogen) atoms. The molecule has 0 fully saturated rings. The van der Waals surface area contributed by atoms with Crippen LogP contribution in [-0.2, 0) is 0 Å². The number of hydrogen-bond donors (Lipinski definition) is 0. The summed E-state index contributed by atoms with van der Waals surface area (Å²) >= 11 is 5.83. The first-order valence-electron chi connectivity index (χ1n) is 6.17. The number of para-hydroxylation sites is 1. The average molecular weight is 286 g/mol. The Morgan fingerprint density at radius 3 is 2.20 bits per heavy atom. The molecule has 0 unspecified atom stereocenters. The molecular weight excluding hydrogens is 270 g/mol. The second kappa shape index (κ2) is 8.79. The van der Waals surface area contributed by atoms with Crippen LogP contribution in [0.2, 0.25) is 5.02 Å². The molecule has 0 bridgehead atoms. The third-order valence-corrected chi connectivity index (χ3v) is 2.61. The highest BCUT2D eigenvalue weighted by atomic mass is 35.5. The zero-order valence-electron chi connectivity index (χ0n) is 11.3. The van der Waals surface area contributed by atoms with E-state index in [1.807, 2.05) is 61.5 Å². The van der Waals surface area contributed by atoms with E-state index in [0.29, 0.717) is 10.9 Å². The topological polar surface area (TPSA) is 21.6 Å². The lowest BCUT2D eigenvalue weighted by atomic mass is 10.3. The molecule has 2 rings (SSSR count). The minimum absolute atomic E-state index is 0.684. The Labute approximate surface area is 125 Å². The third kappa shape index (κ3) is 5.17. The van der Waals surface area contributed by atoms with Crippen molar-refractivity contribution in [3.63, 3.8) is 0 Å². The zero-order valence-corrected chi connectivity index (χ0v) is 12.0. The first kappa shape index (κ1) is 15.8. The molecule has 2 nitrogen and oxygen atoms in total. The van der Waals surface area contributed by atoms with Crippen LogP contribution in [0.3, 0.4) is 0 Å². The minimum atomic E-state index is 0.684. The standard InChI is InChI=1S/C15H14ClNO.C2H2/c1-2-15(18-14-6-4-3-5-7-14)17-13-10-8-12(16)9-11-13;1-2/h3-11H,2H2,1H3;1-2H. The SMILES string of the molecule is C#C.CCC(=Nc1ccc(Cl)cc1)Oc1ccccc1. The summed E-state index contributed by atoms with van der Waals surface area (Å²) in [5.74, 6) is 1.48. The van der Waals surface area contributed by atoms with Crippen molar-refractivity contribution in [2.45, 2.75) is 13.3 Å². The molecule has 0 aliphatic heterocycles. The molecule has 0 radical (unpaired) electrons. The van der Waals surface area contributed by atoms with Gasteiger partial charge < -0.3 is 4.74 Å². The number of ether oxygens (including phenoxy) is 1. The van der Waals surface area contributed by atoms with E-state index >= 15 is 0 Å². The van der Waals surface area contributed by atoms with Gasteiger partial charge in [0.05, 0.1) is 5.69 Å². The normalized spacial score (nSPS) is 10.3. The lowest BCUT2D eigenvalue weighted by Crippen LogP contribution is -2.06. The number of terminal acetylenes is 1. The van der Waals surface area contributed by atoms with Crippen LogP contribution in [0.1, 0.15) is 13.3 Å². The molecule has 3 heteroatoms. The number of aliphatic imine (C=N–C) groups is 1. The summed E-state index contributed by atoms with van der Waals surface area (Å²) in [6, 6.07) is 17.0. The van der Waals surface area contributed by atoms with Crippen molar-refractivity contribution in [1.82, 2.24) is 0 Å². The molecule has 0 heterocycles. The van der Waals surface area contributed by atoms with Gasteiger partial charge in [0.2, 0.25) is 0 Å². The summed E-state index contributed by atoms with van der Waals surface area (Å²) in [6.45, 7) is 2.01. The quantitative estimate of drug-likeness (QED) is 0.436. The summed E-state index contributed by atoms with van der Waals surface area (Å²) in [7, 11) is 0. The average Bonchev–Trinajstić information content (AvgIpc) is 2.52. The fraction of sp³-hybridized carbons (Fsp3) is 0.118. The van der Waals surface area contributed by atoms with Crippen LogP contribution in [0.4, 0.5) is 5.69 Å². The van der Waals surface area contributed by atoms with Crippen LogP contribution in [0, 0.1) is 12.8 Å². The molecule has 0 amide bonds. The fourth-order valence-corrected chi connectivity index (χ4v) is 1.58. The number of hydrogen-bond acceptors (Lipinski definition) is 2. The van der Waals surface area contributed by atoms with Crippen molar-refractivity contribution in [1.29, 1.82) is 0 Å². The summed E-state index contributed by atoms with van der Waals surface area (Å²) in [6.07, 6.45) is 8.73. The lowest BCUT2D eigenvalue weighted by Gasteiger charge is -2.06. The van der Waals surface area contributed by atoms with E-state index in [2.05, 4.69) is 17.8 Å². The van der Waals surface area contributed by atoms with Gasteiger partial charge in [-0.3, -0.25) is 0 Å². The maximum absolute atomic E-state index is 5.83. The molecule has 102 valence electrons. The van der Waals surface area contributed by atoms with Crippen molar-refractivity contribution in [3.8, 4) is 18.6 Å². The van der Waals surface area contributed by atoms with Crippen LogP contribution in [0.25, 0.3) is 0 Å². The maximum Gasteiger partial charge on any atom is 0.194 e. The van der Waals surface area contributed by atoms with Crippen molar-refractivity contribution in [2.75, 3.05) is 0 Å². The summed E-state index contributed by atoms with van der Waals surface area (Å²) in [4.78, 5) is 4.45. The number of rotatable bonds is 3. The molecule has 0 spiro atoms. The molecule has 0 N–H and O–H groups in total. The van der Waals surface area contributed by atoms with Crippen LogP contribution < -0.4 is 4.74 Å². The number of nitrogens with zero attached hydrogens (tertiary/aromatic N) is 1. The van der Waals surface area contributed by atoms with Crippen molar-refractivity contribution in [2.24, 2.45) is 4.99 Å². The molecule has 0 aromatic heterocycles. The molecule has 0 aliphatic carbocycles. The molecule has 0 aliphatic rings. The Hall–Kier alpha value is -2.24. The Bertz CT molecular complexity index is 559. The molecular formula is C17H16ClNO. The monoisotopic (exact) mass is 285 g/mol. The van der Waals surface area contributed by atoms with Gasteiger partial charge in [0, 0.05) is 11.4 Å². The smallest absolute Gasteiger partial charge is 0.194 e. The Balaban J connectivity index is 0.000000956. The van der Waals surface area contributed by atoms with E-state index in [1.165, 1.54) is 0 Å². The van der Waals surface area contributed by atoms with Gasteiger partial charge in [-0.15, -0.1) is 12.8 Å². The van der Waals surface area contributed by atoms with Gasteiger partial charge in [-0.2, -0.15) is 0 Å². The van der Waals surface area contributed by atoms with Gasteiger partial charge in [0.15, 0.2) is 5.90 Å². The van der Waals surface area contributed by atoms with Crippen LogP contribution in [0.5, 0.6) is 5.75 Å². The third-order valence-electron chi connectivity index (χ3n) is 2.36. The highest BCUT2D eigenvalue weighted by molar-refractivity contribution is 6.30. The van der Waals surface area contributed by atoms with E-state index < -0.39 is 0 Å². The lowest BCUT2D eigenvalue weighted by molar-refractivity contribution is 0.536. The second-order valence-electron chi connectivity index (χ2n) is 3.75. The van der Waals surface area contributed by atoms with Crippen molar-refractivity contribution in [3.05, 3.63) is 59.6 Å². The fourth-order valence-electron chi connectivity index (χ4n) is 1.46. The maximum atomic E-state index is 5.83. The largest absolute Gasteiger partial charge is 0.443 e. The predicted octanol–water partition coefficient (Wildman–Crippen LogP) is 5.11. The van der Waals surface area contributed by atoms with Crippen molar-refractivity contribution < 1.29 is 4.74 Å². The van der Waals surface area contributed by atoms with E-state index in [4.69, 9.17) is 16.3 Å². The summed E-state index contributed by atoms with van der Waals surface area (Å²) in [5.41, 5.74) is 0.840. The zero-order chi connectivity index (χ0) is 14.8. The second-order valence-corrected chi connectivity index (χ2v) is 4.19. The van der Waals surface area contributed by atoms with E-state index in [9.17, 15) is 0 Å². The van der Waals surface area contributed by atoms with Crippen molar-refractivity contribution >= 4 is 23.2 Å². The first-order valence-corrected chi connectivity index (χ1v) is 6.55. The molecule has 2 aromatic carbocycles. The molecule has 0 saturated heterocycles. The van der Waals surface area contributed by atoms with Gasteiger partial charge in [0.1, 0.15) is 5.75 Å². The van der Waals surface area contributed by atoms with Crippen LogP contribution >= 0.6 is 11.6 Å². The highest BCUT2D eigenvalue weighted by Gasteiger charge is 2.00. The van der Waals surface area contributed by atoms with Crippen LogP contribution in [0.15, 0.2) is 59.6 Å². The Kier molecular flexibility index (Phi) is 6.95. The Morgan fingerprint density at radius 1 is 1.05 bits per heavy atom. The molecule has 0 saturated carbocycles. The van der Waals surface area contributed by atoms with Crippen LogP contribution in [-0.4, -0.2) is 5.90 Å². The highest BCUT2D eigenvalue weighted by Crippen LogP contribution is 2.18. The molecule has 2 aromatic rings. The Morgan fingerprint density at radius 2 is 1.65 bits per heavy atom. The number of benzene rings is 2. The van der Waals surface area contributed by atoms with Gasteiger partial charge in [-0.05, 0) is 36.4 Å². The minimum Gasteiger partial charge on any atom is -0.443 e. The number of halogens is 1. The van der Waals surface area contributed by atoms with Gasteiger partial charge >= 0.3 is 0 Å². The van der Waals surface area contributed by atoms with Gasteiger partial charge in [-0.1, -0.05) is 36.7 Å². The van der Waals surface area contributed by atoms with E-state index in [0.717, 1.165) is 17.9 Å². The van der Waals surface area contributed by atoms with E-state index in [-0.39, 0.29) is 0 Å². The first-order chi connectivity index (χ1) is 9.78. The van der Waals surface area contributed by atoms with E-state index in [1.54, 1.807) is 0 Å².